The summed E-state index contributed by atoms with van der Waals surface area (Å²) in [6.07, 6.45) is 1.96. The molecule has 16 heavy (non-hydrogen) atoms. The fourth-order valence-corrected chi connectivity index (χ4v) is 1.85. The van der Waals surface area contributed by atoms with Gasteiger partial charge in [0.1, 0.15) is 0 Å². The third-order valence-corrected chi connectivity index (χ3v) is 3.02. The van der Waals surface area contributed by atoms with Crippen molar-refractivity contribution in [1.29, 1.82) is 0 Å². The summed E-state index contributed by atoms with van der Waals surface area (Å²) in [6.45, 7) is 3.01. The first-order chi connectivity index (χ1) is 7.54. The number of nitrogens with two attached hydrogens (primary N) is 1. The van der Waals surface area contributed by atoms with Crippen LogP contribution in [-0.2, 0) is 9.59 Å². The van der Waals surface area contributed by atoms with Gasteiger partial charge in [-0.2, -0.15) is 0 Å². The van der Waals surface area contributed by atoms with Gasteiger partial charge in [0.05, 0.1) is 0 Å². The first-order valence-electron chi connectivity index (χ1n) is 5.79. The molecule has 1 heterocycles. The predicted molar refractivity (Wildman–Crippen MR) is 61.6 cm³/mol. The summed E-state index contributed by atoms with van der Waals surface area (Å²) in [4.78, 5) is 24.6. The molecule has 0 aromatic carbocycles. The second kappa shape index (κ2) is 5.84. The highest BCUT2D eigenvalue weighted by Crippen LogP contribution is 2.10. The van der Waals surface area contributed by atoms with Crippen LogP contribution in [0.3, 0.4) is 0 Å². The van der Waals surface area contributed by atoms with E-state index in [1.807, 2.05) is 6.92 Å². The molecule has 1 saturated heterocycles. The number of hydrogen-bond donors (Lipinski definition) is 2. The van der Waals surface area contributed by atoms with Crippen LogP contribution in [0.5, 0.6) is 0 Å². The summed E-state index contributed by atoms with van der Waals surface area (Å²) in [5.74, 6) is 0.145. The lowest BCUT2D eigenvalue weighted by Crippen LogP contribution is -2.49. The summed E-state index contributed by atoms with van der Waals surface area (Å²) < 4.78 is 0. The lowest BCUT2D eigenvalue weighted by molar-refractivity contribution is -0.134. The minimum absolute atomic E-state index is 0.0400. The van der Waals surface area contributed by atoms with Crippen LogP contribution in [0.25, 0.3) is 0 Å². The van der Waals surface area contributed by atoms with Crippen LogP contribution in [0.4, 0.5) is 0 Å². The van der Waals surface area contributed by atoms with Gasteiger partial charge in [-0.3, -0.25) is 9.59 Å². The van der Waals surface area contributed by atoms with Crippen molar-refractivity contribution in [3.8, 4) is 0 Å². The summed E-state index contributed by atoms with van der Waals surface area (Å²) in [5, 5.41) is 2.97. The van der Waals surface area contributed by atoms with Crippen molar-refractivity contribution >= 4 is 11.8 Å². The Labute approximate surface area is 96.4 Å². The molecule has 0 aliphatic carbocycles. The smallest absolute Gasteiger partial charge is 0.223 e. The Balaban J connectivity index is 2.37. The number of carbonyl (C=O) groups excluding carboxylic acids is 2. The molecule has 0 spiro atoms. The fraction of sp³-hybridized carbons (Fsp3) is 0.818. The van der Waals surface area contributed by atoms with Crippen LogP contribution in [-0.4, -0.2) is 42.9 Å². The van der Waals surface area contributed by atoms with Crippen molar-refractivity contribution in [2.45, 2.75) is 32.2 Å². The molecule has 2 unspecified atom stereocenters. The largest absolute Gasteiger partial charge is 0.351 e. The van der Waals surface area contributed by atoms with Crippen LogP contribution in [0, 0.1) is 5.92 Å². The summed E-state index contributed by atoms with van der Waals surface area (Å²) in [6, 6.07) is 0.0930. The molecule has 1 fully saturated rings. The molecule has 0 aromatic rings. The molecular weight excluding hydrogens is 206 g/mol. The van der Waals surface area contributed by atoms with Gasteiger partial charge in [-0.05, 0) is 19.4 Å². The quantitative estimate of drug-likeness (QED) is 0.693. The van der Waals surface area contributed by atoms with E-state index in [2.05, 4.69) is 5.32 Å². The van der Waals surface area contributed by atoms with Crippen molar-refractivity contribution in [1.82, 2.24) is 10.2 Å². The molecule has 92 valence electrons. The maximum atomic E-state index is 11.7. The van der Waals surface area contributed by atoms with E-state index in [4.69, 9.17) is 5.73 Å². The van der Waals surface area contributed by atoms with E-state index in [1.54, 1.807) is 11.9 Å². The van der Waals surface area contributed by atoms with Crippen molar-refractivity contribution in [3.63, 3.8) is 0 Å². The molecule has 0 aromatic heterocycles. The highest BCUT2D eigenvalue weighted by Gasteiger charge is 2.25. The molecular formula is C11H21N3O2. The number of carbonyl (C=O) groups is 2. The minimum Gasteiger partial charge on any atom is -0.351 e. The Bertz CT molecular complexity index is 268. The number of piperidine rings is 1. The van der Waals surface area contributed by atoms with Gasteiger partial charge in [0.15, 0.2) is 0 Å². The zero-order chi connectivity index (χ0) is 12.1. The third kappa shape index (κ3) is 3.48. The van der Waals surface area contributed by atoms with E-state index in [1.165, 1.54) is 0 Å². The molecule has 2 amide bonds. The van der Waals surface area contributed by atoms with Gasteiger partial charge in [0, 0.05) is 32.0 Å². The first kappa shape index (κ1) is 13.0. The number of likely N-dealkylation sites (tertiary alicyclic amines) is 1. The van der Waals surface area contributed by atoms with E-state index in [-0.39, 0.29) is 23.8 Å². The zero-order valence-electron chi connectivity index (χ0n) is 10.0. The second-order valence-corrected chi connectivity index (χ2v) is 4.50. The van der Waals surface area contributed by atoms with Crippen LogP contribution in [0.1, 0.15) is 26.2 Å². The van der Waals surface area contributed by atoms with Crippen molar-refractivity contribution in [2.24, 2.45) is 11.7 Å². The Morgan fingerprint density at radius 2 is 2.38 bits per heavy atom. The zero-order valence-corrected chi connectivity index (χ0v) is 10.0. The van der Waals surface area contributed by atoms with Gasteiger partial charge in [-0.25, -0.2) is 0 Å². The van der Waals surface area contributed by atoms with Gasteiger partial charge in [0.2, 0.25) is 11.8 Å². The monoisotopic (exact) mass is 227 g/mol. The average molecular weight is 227 g/mol. The lowest BCUT2D eigenvalue weighted by Gasteiger charge is -2.30. The van der Waals surface area contributed by atoms with Gasteiger partial charge in [-0.1, -0.05) is 6.92 Å². The van der Waals surface area contributed by atoms with E-state index in [9.17, 15) is 9.59 Å². The lowest BCUT2D eigenvalue weighted by atomic mass is 10.0. The van der Waals surface area contributed by atoms with Crippen molar-refractivity contribution in [3.05, 3.63) is 0 Å². The highest BCUT2D eigenvalue weighted by molar-refractivity contribution is 5.80. The van der Waals surface area contributed by atoms with Gasteiger partial charge in [-0.15, -0.1) is 0 Å². The predicted octanol–water partition coefficient (Wildman–Crippen LogP) is -0.292. The van der Waals surface area contributed by atoms with E-state index in [0.717, 1.165) is 6.42 Å². The third-order valence-electron chi connectivity index (χ3n) is 3.02. The molecule has 5 nitrogen and oxygen atoms in total. The number of amides is 2. The number of hydrogen-bond acceptors (Lipinski definition) is 3. The summed E-state index contributed by atoms with van der Waals surface area (Å²) >= 11 is 0. The Kier molecular flexibility index (Phi) is 4.73. The van der Waals surface area contributed by atoms with E-state index in [0.29, 0.717) is 25.9 Å². The van der Waals surface area contributed by atoms with E-state index < -0.39 is 0 Å². The maximum absolute atomic E-state index is 11.7. The molecule has 1 aliphatic rings. The summed E-state index contributed by atoms with van der Waals surface area (Å²) in [7, 11) is 1.77. The topological polar surface area (TPSA) is 75.4 Å². The van der Waals surface area contributed by atoms with Crippen LogP contribution in [0.15, 0.2) is 0 Å². The Morgan fingerprint density at radius 1 is 1.69 bits per heavy atom. The molecule has 0 saturated carbocycles. The Morgan fingerprint density at radius 3 is 2.94 bits per heavy atom. The first-order valence-corrected chi connectivity index (χ1v) is 5.79. The molecule has 0 radical (unpaired) electrons. The molecule has 3 N–H and O–H groups in total. The number of rotatable bonds is 4. The number of likely N-dealkylation sites (N-methyl/N-ethyl adjacent to an activating group) is 1. The maximum Gasteiger partial charge on any atom is 0.223 e. The average Bonchev–Trinajstić information content (AvgIpc) is 2.24. The van der Waals surface area contributed by atoms with Crippen molar-refractivity contribution < 1.29 is 9.59 Å². The Hall–Kier alpha value is -1.10. The number of nitrogens with one attached hydrogen (secondary N) is 1. The highest BCUT2D eigenvalue weighted by atomic mass is 16.2. The SMILES string of the molecule is CC(CCN)C(=O)NC1CCC(=O)N(C)C1. The molecule has 1 aliphatic heterocycles. The van der Waals surface area contributed by atoms with Gasteiger partial charge >= 0.3 is 0 Å². The second-order valence-electron chi connectivity index (χ2n) is 4.50. The number of nitrogens with zero attached hydrogens (tertiary/aromatic N) is 1. The normalized spacial score (nSPS) is 23.1. The van der Waals surface area contributed by atoms with E-state index >= 15 is 0 Å². The molecule has 0 bridgehead atoms. The van der Waals surface area contributed by atoms with Gasteiger partial charge < -0.3 is 16.0 Å². The van der Waals surface area contributed by atoms with Crippen LogP contribution >= 0.6 is 0 Å². The van der Waals surface area contributed by atoms with Crippen molar-refractivity contribution in [2.75, 3.05) is 20.1 Å². The van der Waals surface area contributed by atoms with Crippen LogP contribution < -0.4 is 11.1 Å². The molecule has 5 heteroatoms. The minimum atomic E-state index is -0.0482. The standard InChI is InChI=1S/C11H21N3O2/c1-8(5-6-12)11(16)13-9-3-4-10(15)14(2)7-9/h8-9H,3-7,12H2,1-2H3,(H,13,16). The molecule has 1 rings (SSSR count). The van der Waals surface area contributed by atoms with Crippen LogP contribution in [0.2, 0.25) is 0 Å². The molecule has 2 atom stereocenters. The summed E-state index contributed by atoms with van der Waals surface area (Å²) in [5.41, 5.74) is 5.41. The fourth-order valence-electron chi connectivity index (χ4n) is 1.85. The van der Waals surface area contributed by atoms with Gasteiger partial charge in [0.25, 0.3) is 0 Å².